The van der Waals surface area contributed by atoms with Gasteiger partial charge in [-0.05, 0) is 48.9 Å². The fourth-order valence-electron chi connectivity index (χ4n) is 3.27. The van der Waals surface area contributed by atoms with Crippen molar-refractivity contribution in [2.75, 3.05) is 44.2 Å². The molecule has 0 saturated carbocycles. The Bertz CT molecular complexity index is 816. The molecule has 0 aromatic heterocycles. The summed E-state index contributed by atoms with van der Waals surface area (Å²) in [6, 6.07) is 15.1. The van der Waals surface area contributed by atoms with Crippen molar-refractivity contribution in [1.29, 1.82) is 0 Å². The average molecular weight is 416 g/mol. The zero-order valence-corrected chi connectivity index (χ0v) is 17.3. The molecule has 0 radical (unpaired) electrons. The summed E-state index contributed by atoms with van der Waals surface area (Å²) in [5, 5.41) is 3.44. The van der Waals surface area contributed by atoms with Crippen LogP contribution in [0.15, 0.2) is 48.5 Å². The van der Waals surface area contributed by atoms with Crippen molar-refractivity contribution in [2.45, 2.75) is 13.3 Å². The largest absolute Gasteiger partial charge is 0.494 e. The van der Waals surface area contributed by atoms with Crippen LogP contribution >= 0.6 is 11.6 Å². The van der Waals surface area contributed by atoms with Crippen LogP contribution in [0.1, 0.15) is 12.5 Å². The zero-order valence-electron chi connectivity index (χ0n) is 16.6. The Morgan fingerprint density at radius 3 is 2.28 bits per heavy atom. The molecular weight excluding hydrogens is 390 g/mol. The van der Waals surface area contributed by atoms with Crippen molar-refractivity contribution in [3.63, 3.8) is 0 Å². The monoisotopic (exact) mass is 415 g/mol. The maximum Gasteiger partial charge on any atom is 0.242 e. The highest BCUT2D eigenvalue weighted by molar-refractivity contribution is 6.30. The van der Waals surface area contributed by atoms with Crippen molar-refractivity contribution in [2.24, 2.45) is 0 Å². The van der Waals surface area contributed by atoms with Gasteiger partial charge in [0.1, 0.15) is 5.75 Å². The highest BCUT2D eigenvalue weighted by Gasteiger charge is 2.21. The van der Waals surface area contributed by atoms with Crippen molar-refractivity contribution < 1.29 is 14.3 Å². The molecule has 29 heavy (non-hydrogen) atoms. The number of hydrogen-bond donors (Lipinski definition) is 1. The second-order valence-corrected chi connectivity index (χ2v) is 7.31. The summed E-state index contributed by atoms with van der Waals surface area (Å²) >= 11 is 5.93. The van der Waals surface area contributed by atoms with Gasteiger partial charge in [-0.3, -0.25) is 9.59 Å². The Hall–Kier alpha value is -2.73. The summed E-state index contributed by atoms with van der Waals surface area (Å²) in [4.78, 5) is 28.6. The first-order valence-electron chi connectivity index (χ1n) is 9.82. The normalized spacial score (nSPS) is 13.9. The number of benzene rings is 2. The highest BCUT2D eigenvalue weighted by atomic mass is 35.5. The van der Waals surface area contributed by atoms with Gasteiger partial charge in [-0.25, -0.2) is 0 Å². The maximum atomic E-state index is 12.4. The van der Waals surface area contributed by atoms with Gasteiger partial charge in [-0.2, -0.15) is 0 Å². The molecule has 1 aliphatic heterocycles. The molecule has 1 aliphatic rings. The lowest BCUT2D eigenvalue weighted by Gasteiger charge is -2.36. The number of ether oxygens (including phenoxy) is 1. The second-order valence-electron chi connectivity index (χ2n) is 6.87. The first-order valence-corrected chi connectivity index (χ1v) is 10.2. The van der Waals surface area contributed by atoms with E-state index >= 15 is 0 Å². The molecule has 2 aromatic carbocycles. The van der Waals surface area contributed by atoms with Crippen molar-refractivity contribution >= 4 is 29.1 Å². The first-order chi connectivity index (χ1) is 14.0. The lowest BCUT2D eigenvalue weighted by atomic mass is 10.1. The summed E-state index contributed by atoms with van der Waals surface area (Å²) in [6.45, 7) is 5.34. The van der Waals surface area contributed by atoms with Crippen LogP contribution in [0.3, 0.4) is 0 Å². The minimum Gasteiger partial charge on any atom is -0.494 e. The molecule has 1 fully saturated rings. The lowest BCUT2D eigenvalue weighted by Crippen LogP contribution is -2.51. The molecule has 0 atom stereocenters. The summed E-state index contributed by atoms with van der Waals surface area (Å²) in [5.41, 5.74) is 1.99. The van der Waals surface area contributed by atoms with Crippen LogP contribution in [0.4, 0.5) is 5.69 Å². The van der Waals surface area contributed by atoms with Crippen molar-refractivity contribution in [3.05, 3.63) is 59.1 Å². The van der Waals surface area contributed by atoms with Gasteiger partial charge in [-0.1, -0.05) is 23.7 Å². The summed E-state index contributed by atoms with van der Waals surface area (Å²) in [7, 11) is 0. The fourth-order valence-corrected chi connectivity index (χ4v) is 3.40. The number of hydrogen-bond acceptors (Lipinski definition) is 4. The number of carbonyl (C=O) groups is 2. The van der Waals surface area contributed by atoms with Gasteiger partial charge in [-0.15, -0.1) is 0 Å². The van der Waals surface area contributed by atoms with E-state index in [4.69, 9.17) is 16.3 Å². The van der Waals surface area contributed by atoms with Crippen LogP contribution in [0.25, 0.3) is 0 Å². The molecule has 0 bridgehead atoms. The number of carbonyl (C=O) groups excluding carboxylic acids is 2. The Labute approximate surface area is 176 Å². The van der Waals surface area contributed by atoms with Gasteiger partial charge in [0.25, 0.3) is 0 Å². The van der Waals surface area contributed by atoms with Crippen LogP contribution in [0.5, 0.6) is 5.75 Å². The third-order valence-electron chi connectivity index (χ3n) is 4.86. The number of anilines is 1. The fraction of sp³-hybridized carbons (Fsp3) is 0.364. The minimum absolute atomic E-state index is 0.0246. The average Bonchev–Trinajstić information content (AvgIpc) is 2.74. The summed E-state index contributed by atoms with van der Waals surface area (Å²) < 4.78 is 5.39. The van der Waals surface area contributed by atoms with E-state index in [1.807, 2.05) is 55.5 Å². The third kappa shape index (κ3) is 6.12. The molecule has 0 unspecified atom stereocenters. The number of amides is 2. The smallest absolute Gasteiger partial charge is 0.242 e. The quantitative estimate of drug-likeness (QED) is 0.755. The van der Waals surface area contributed by atoms with Crippen LogP contribution in [0, 0.1) is 0 Å². The molecule has 7 heteroatoms. The number of piperazine rings is 1. The maximum absolute atomic E-state index is 12.4. The number of nitrogens with zero attached hydrogens (tertiary/aromatic N) is 2. The SMILES string of the molecule is CCOc1ccc(CC(=O)NCC(=O)N2CCN(c3ccc(Cl)cc3)CC2)cc1. The van der Waals surface area contributed by atoms with E-state index in [0.717, 1.165) is 30.1 Å². The Balaban J connectivity index is 1.40. The van der Waals surface area contributed by atoms with Crippen molar-refractivity contribution in [3.8, 4) is 5.75 Å². The Morgan fingerprint density at radius 2 is 1.66 bits per heavy atom. The van der Waals surface area contributed by atoms with E-state index in [0.29, 0.717) is 24.7 Å². The van der Waals surface area contributed by atoms with E-state index < -0.39 is 0 Å². The molecule has 1 heterocycles. The molecule has 0 spiro atoms. The lowest BCUT2D eigenvalue weighted by molar-refractivity contribution is -0.133. The van der Waals surface area contributed by atoms with Gasteiger partial charge >= 0.3 is 0 Å². The molecule has 154 valence electrons. The molecule has 1 N–H and O–H groups in total. The zero-order chi connectivity index (χ0) is 20.6. The van der Waals surface area contributed by atoms with Crippen LogP contribution < -0.4 is 15.0 Å². The number of halogens is 1. The topological polar surface area (TPSA) is 61.9 Å². The number of rotatable bonds is 7. The van der Waals surface area contributed by atoms with Gasteiger partial charge in [0.15, 0.2) is 0 Å². The number of nitrogens with one attached hydrogen (secondary N) is 1. The van der Waals surface area contributed by atoms with Gasteiger partial charge < -0.3 is 19.9 Å². The molecule has 3 rings (SSSR count). The summed E-state index contributed by atoms with van der Waals surface area (Å²) in [6.07, 6.45) is 0.240. The second kappa shape index (κ2) is 10.2. The van der Waals surface area contributed by atoms with Crippen LogP contribution in [0.2, 0.25) is 5.02 Å². The van der Waals surface area contributed by atoms with E-state index in [1.165, 1.54) is 0 Å². The molecule has 0 aliphatic carbocycles. The molecular formula is C22H26ClN3O3. The first kappa shape index (κ1) is 21.0. The molecule has 1 saturated heterocycles. The Kier molecular flexibility index (Phi) is 7.36. The van der Waals surface area contributed by atoms with E-state index in [1.54, 1.807) is 4.90 Å². The molecule has 6 nitrogen and oxygen atoms in total. The van der Waals surface area contributed by atoms with Gasteiger partial charge in [0.05, 0.1) is 19.6 Å². The predicted octanol–water partition coefficient (Wildman–Crippen LogP) is 2.75. The summed E-state index contributed by atoms with van der Waals surface area (Å²) in [5.74, 6) is 0.563. The highest BCUT2D eigenvalue weighted by Crippen LogP contribution is 2.19. The van der Waals surface area contributed by atoms with Crippen LogP contribution in [-0.2, 0) is 16.0 Å². The van der Waals surface area contributed by atoms with Crippen LogP contribution in [-0.4, -0.2) is 56.0 Å². The molecule has 2 aromatic rings. The van der Waals surface area contributed by atoms with Crippen molar-refractivity contribution in [1.82, 2.24) is 10.2 Å². The van der Waals surface area contributed by atoms with Gasteiger partial charge in [0, 0.05) is 36.9 Å². The third-order valence-corrected chi connectivity index (χ3v) is 5.11. The van der Waals surface area contributed by atoms with E-state index in [9.17, 15) is 9.59 Å². The minimum atomic E-state index is -0.165. The van der Waals surface area contributed by atoms with E-state index in [2.05, 4.69) is 10.2 Å². The Morgan fingerprint density at radius 1 is 1.00 bits per heavy atom. The predicted molar refractivity (Wildman–Crippen MR) is 115 cm³/mol. The van der Waals surface area contributed by atoms with E-state index in [-0.39, 0.29) is 24.8 Å². The molecule has 2 amide bonds. The standard InChI is InChI=1S/C22H26ClN3O3/c1-2-29-20-9-3-17(4-10-20)15-21(27)24-16-22(28)26-13-11-25(12-14-26)19-7-5-18(23)6-8-19/h3-10H,2,11-16H2,1H3,(H,24,27). The van der Waals surface area contributed by atoms with Gasteiger partial charge in [0.2, 0.25) is 11.8 Å².